The van der Waals surface area contributed by atoms with Gasteiger partial charge in [-0.3, -0.25) is 18.9 Å². The van der Waals surface area contributed by atoms with E-state index in [-0.39, 0.29) is 31.2 Å². The summed E-state index contributed by atoms with van der Waals surface area (Å²) in [5.41, 5.74) is 5.68. The minimum Gasteiger partial charge on any atom is -0.394 e. The van der Waals surface area contributed by atoms with Gasteiger partial charge in [-0.05, 0) is 27.7 Å². The first-order chi connectivity index (χ1) is 21.4. The summed E-state index contributed by atoms with van der Waals surface area (Å²) in [6.07, 6.45) is -3.99. The van der Waals surface area contributed by atoms with Crippen LogP contribution in [0.5, 0.6) is 0 Å². The fraction of sp³-hybridized carbons (Fsp3) is 0.667. The largest absolute Gasteiger partial charge is 0.394 e. The van der Waals surface area contributed by atoms with E-state index in [9.17, 15) is 19.8 Å². The van der Waals surface area contributed by atoms with Gasteiger partial charge in [-0.25, -0.2) is 19.7 Å². The van der Waals surface area contributed by atoms with Crippen molar-refractivity contribution in [3.05, 3.63) is 44.8 Å². The minimum atomic E-state index is -0.975. The zero-order valence-corrected chi connectivity index (χ0v) is 25.1. The number of H-pyrrole nitrogens is 1. The van der Waals surface area contributed by atoms with E-state index < -0.39 is 78.5 Å². The van der Waals surface area contributed by atoms with Crippen molar-refractivity contribution in [3.63, 3.8) is 0 Å². The number of anilines is 1. The van der Waals surface area contributed by atoms with Crippen LogP contribution in [0.25, 0.3) is 11.2 Å². The highest BCUT2D eigenvalue weighted by Gasteiger charge is 2.57. The van der Waals surface area contributed by atoms with Gasteiger partial charge in [0.25, 0.3) is 5.56 Å². The average molecular weight is 633 g/mol. The minimum absolute atomic E-state index is 0.0826. The zero-order valence-electron chi connectivity index (χ0n) is 25.1. The molecule has 7 rings (SSSR count). The maximum absolute atomic E-state index is 12.8. The first kappa shape index (κ1) is 30.3. The molecule has 244 valence electrons. The Morgan fingerprint density at radius 1 is 0.933 bits per heavy atom. The number of aliphatic hydroxyl groups excluding tert-OH is 2. The third kappa shape index (κ3) is 5.15. The third-order valence-corrected chi connectivity index (χ3v) is 8.36. The van der Waals surface area contributed by atoms with Crippen LogP contribution >= 0.6 is 0 Å². The van der Waals surface area contributed by atoms with Crippen LogP contribution in [-0.2, 0) is 41.6 Å². The molecule has 0 saturated carbocycles. The molecule has 45 heavy (non-hydrogen) atoms. The molecule has 0 unspecified atom stereocenters. The normalized spacial score (nSPS) is 33.2. The molecule has 4 fully saturated rings. The maximum atomic E-state index is 12.8. The number of aromatic nitrogens is 6. The van der Waals surface area contributed by atoms with Crippen molar-refractivity contribution in [1.29, 1.82) is 0 Å². The van der Waals surface area contributed by atoms with Crippen LogP contribution in [-0.4, -0.2) is 101 Å². The fourth-order valence-corrected chi connectivity index (χ4v) is 6.69. The number of hydrogen-bond acceptors (Lipinski definition) is 15. The number of aromatic amines is 1. The molecule has 4 aliphatic heterocycles. The van der Waals surface area contributed by atoms with Crippen molar-refractivity contribution in [2.24, 2.45) is 0 Å². The van der Waals surface area contributed by atoms with Crippen LogP contribution in [0.1, 0.15) is 51.7 Å². The summed E-state index contributed by atoms with van der Waals surface area (Å²) < 4.78 is 40.0. The van der Waals surface area contributed by atoms with Gasteiger partial charge in [0.1, 0.15) is 48.8 Å². The summed E-state index contributed by atoms with van der Waals surface area (Å²) in [4.78, 5) is 40.2. The number of aliphatic hydroxyl groups is 2. The van der Waals surface area contributed by atoms with E-state index in [4.69, 9.17) is 39.1 Å². The van der Waals surface area contributed by atoms with Crippen molar-refractivity contribution in [1.82, 2.24) is 34.4 Å². The molecule has 0 aromatic carbocycles. The van der Waals surface area contributed by atoms with Gasteiger partial charge in [-0.15, -0.1) is 0 Å². The second-order valence-corrected chi connectivity index (χ2v) is 12.4. The molecule has 0 bridgehead atoms. The van der Waals surface area contributed by atoms with E-state index in [1.807, 2.05) is 0 Å². The second-order valence-electron chi connectivity index (χ2n) is 12.4. The fourth-order valence-electron chi connectivity index (χ4n) is 6.69. The van der Waals surface area contributed by atoms with Crippen LogP contribution in [0.4, 0.5) is 5.82 Å². The highest BCUT2D eigenvalue weighted by molar-refractivity contribution is 5.82. The second kappa shape index (κ2) is 10.9. The van der Waals surface area contributed by atoms with Gasteiger partial charge in [0, 0.05) is 12.6 Å². The Morgan fingerprint density at radius 3 is 2.22 bits per heavy atom. The van der Waals surface area contributed by atoms with Crippen LogP contribution in [0.3, 0.4) is 0 Å². The van der Waals surface area contributed by atoms with E-state index >= 15 is 0 Å². The number of fused-ring (bicyclic) bond motifs is 3. The summed E-state index contributed by atoms with van der Waals surface area (Å²) in [5.74, 6) is -1.17. The summed E-state index contributed by atoms with van der Waals surface area (Å²) in [6, 6.07) is 1.14. The standard InChI is InChI=1S/C27H36N8O10/c1-26(2)42-17-12(40-23(19(17)44-26)34-11(8-36)5-15(38)33-25(34)39)6-29-7-14-32-16-21(28)30-10-31-22(16)35(14)24-20-18(13(9-37)41-24)43-27(3,4)45-20/h5,10,12-13,17-20,23-24,29,36-37H,6-9H2,1-4H3,(H2,28,30,31)(H,33,38,39)/t12-,13-,17-,18-,19-,20-,23-,24-/m1/s1. The van der Waals surface area contributed by atoms with Gasteiger partial charge < -0.3 is 49.7 Å². The molecule has 0 aliphatic carbocycles. The summed E-state index contributed by atoms with van der Waals surface area (Å²) >= 11 is 0. The molecular formula is C27H36N8O10. The SMILES string of the molecule is CC1(C)O[C@@H]2[C@H](O1)[C@@H](CNCc1nc3c(N)ncnc3n1[C@@H]1O[C@H](CO)[C@H]3OC(C)(C)O[C@H]31)O[C@H]2n1c(CO)cc(=O)[nH]c1=O. The molecular weight excluding hydrogens is 596 g/mol. The lowest BCUT2D eigenvalue weighted by molar-refractivity contribution is -0.200. The maximum Gasteiger partial charge on any atom is 0.330 e. The average Bonchev–Trinajstić information content (AvgIpc) is 3.74. The Kier molecular flexibility index (Phi) is 7.34. The van der Waals surface area contributed by atoms with E-state index in [0.717, 1.165) is 6.07 Å². The van der Waals surface area contributed by atoms with Gasteiger partial charge in [0.05, 0.1) is 25.5 Å². The molecule has 8 atom stereocenters. The van der Waals surface area contributed by atoms with Gasteiger partial charge in [0.2, 0.25) is 0 Å². The highest BCUT2D eigenvalue weighted by atomic mass is 16.8. The summed E-state index contributed by atoms with van der Waals surface area (Å²) in [7, 11) is 0. The number of hydrogen-bond donors (Lipinski definition) is 5. The molecule has 18 heteroatoms. The van der Waals surface area contributed by atoms with Gasteiger partial charge in [-0.2, -0.15) is 0 Å². The Balaban J connectivity index is 1.16. The Bertz CT molecular complexity index is 1720. The van der Waals surface area contributed by atoms with Crippen LogP contribution < -0.4 is 22.3 Å². The molecule has 3 aromatic rings. The number of nitrogens with zero attached hydrogens (tertiary/aromatic N) is 5. The van der Waals surface area contributed by atoms with Crippen molar-refractivity contribution < 1.29 is 38.6 Å². The smallest absolute Gasteiger partial charge is 0.330 e. The third-order valence-electron chi connectivity index (χ3n) is 8.36. The Morgan fingerprint density at radius 2 is 1.56 bits per heavy atom. The number of nitrogens with two attached hydrogens (primary N) is 1. The molecule has 4 aliphatic rings. The summed E-state index contributed by atoms with van der Waals surface area (Å²) in [5, 5.41) is 23.3. The lowest BCUT2D eigenvalue weighted by Gasteiger charge is -2.26. The van der Waals surface area contributed by atoms with Gasteiger partial charge in [0.15, 0.2) is 41.0 Å². The monoisotopic (exact) mass is 632 g/mol. The van der Waals surface area contributed by atoms with Crippen LogP contribution in [0.2, 0.25) is 0 Å². The number of imidazole rings is 1. The predicted octanol–water partition coefficient (Wildman–Crippen LogP) is -1.63. The van der Waals surface area contributed by atoms with E-state index in [1.54, 1.807) is 32.3 Å². The topological polar surface area (TPSA) is 232 Å². The first-order valence-electron chi connectivity index (χ1n) is 14.7. The van der Waals surface area contributed by atoms with Crippen LogP contribution in [0, 0.1) is 0 Å². The first-order valence-corrected chi connectivity index (χ1v) is 14.7. The lowest BCUT2D eigenvalue weighted by Crippen LogP contribution is -2.39. The van der Waals surface area contributed by atoms with E-state index in [2.05, 4.69) is 20.3 Å². The zero-order chi connectivity index (χ0) is 31.8. The number of rotatable bonds is 8. The predicted molar refractivity (Wildman–Crippen MR) is 151 cm³/mol. The highest BCUT2D eigenvalue weighted by Crippen LogP contribution is 2.45. The van der Waals surface area contributed by atoms with E-state index in [1.165, 1.54) is 10.9 Å². The van der Waals surface area contributed by atoms with Crippen LogP contribution in [0.15, 0.2) is 22.0 Å². The molecule has 6 N–H and O–H groups in total. The molecule has 7 heterocycles. The molecule has 0 spiro atoms. The number of nitrogen functional groups attached to an aromatic ring is 1. The molecule has 0 amide bonds. The van der Waals surface area contributed by atoms with Crippen molar-refractivity contribution in [3.8, 4) is 0 Å². The van der Waals surface area contributed by atoms with Crippen molar-refractivity contribution in [2.75, 3.05) is 18.9 Å². The van der Waals surface area contributed by atoms with Gasteiger partial charge >= 0.3 is 5.69 Å². The van der Waals surface area contributed by atoms with Crippen molar-refractivity contribution >= 4 is 17.0 Å². The van der Waals surface area contributed by atoms with Gasteiger partial charge in [-0.1, -0.05) is 0 Å². The lowest BCUT2D eigenvalue weighted by atomic mass is 10.1. The summed E-state index contributed by atoms with van der Waals surface area (Å²) in [6.45, 7) is 6.71. The molecule has 18 nitrogen and oxygen atoms in total. The molecule has 4 saturated heterocycles. The number of nitrogens with one attached hydrogen (secondary N) is 2. The Hall–Kier alpha value is -3.33. The van der Waals surface area contributed by atoms with E-state index in [0.29, 0.717) is 17.0 Å². The quantitative estimate of drug-likeness (QED) is 0.188. The molecule has 0 radical (unpaired) electrons. The number of ether oxygens (including phenoxy) is 6. The van der Waals surface area contributed by atoms with Crippen molar-refractivity contribution in [2.45, 2.75) is 102 Å². The molecule has 3 aromatic heterocycles. The Labute approximate surface area is 255 Å².